The van der Waals surface area contributed by atoms with Crippen molar-refractivity contribution in [3.63, 3.8) is 0 Å². The van der Waals surface area contributed by atoms with Gasteiger partial charge < -0.3 is 15.5 Å². The molecule has 2 heterocycles. The molecule has 1 saturated heterocycles. The molecule has 1 atom stereocenters. The lowest BCUT2D eigenvalue weighted by Gasteiger charge is -2.20. The van der Waals surface area contributed by atoms with Crippen LogP contribution in [0.3, 0.4) is 0 Å². The summed E-state index contributed by atoms with van der Waals surface area (Å²) in [6, 6.07) is 9.18. The van der Waals surface area contributed by atoms with Crippen molar-refractivity contribution in [2.45, 2.75) is 32.9 Å². The molecule has 0 radical (unpaired) electrons. The normalized spacial score (nSPS) is 17.3. The van der Waals surface area contributed by atoms with Crippen LogP contribution in [0.1, 0.15) is 21.9 Å². The van der Waals surface area contributed by atoms with Gasteiger partial charge in [0.15, 0.2) is 5.96 Å². The van der Waals surface area contributed by atoms with Gasteiger partial charge in [-0.15, -0.1) is 35.3 Å². The molecule has 0 bridgehead atoms. The summed E-state index contributed by atoms with van der Waals surface area (Å²) < 4.78 is 0. The number of anilines is 1. The lowest BCUT2D eigenvalue weighted by atomic mass is 10.2. The van der Waals surface area contributed by atoms with Gasteiger partial charge in [0.1, 0.15) is 0 Å². The van der Waals surface area contributed by atoms with Gasteiger partial charge in [0.25, 0.3) is 0 Å². The Balaban J connectivity index is 0.00000225. The number of hydrogen-bond donors (Lipinski definition) is 2. The number of thiazole rings is 1. The Morgan fingerprint density at radius 2 is 2.08 bits per heavy atom. The van der Waals surface area contributed by atoms with Crippen molar-refractivity contribution in [1.29, 1.82) is 0 Å². The van der Waals surface area contributed by atoms with Crippen molar-refractivity contribution in [3.05, 3.63) is 45.9 Å². The maximum absolute atomic E-state index is 4.34. The van der Waals surface area contributed by atoms with Crippen LogP contribution in [0.25, 0.3) is 0 Å². The number of benzene rings is 1. The fourth-order valence-electron chi connectivity index (χ4n) is 2.91. The molecule has 1 aromatic heterocycles. The molecule has 25 heavy (non-hydrogen) atoms. The van der Waals surface area contributed by atoms with Crippen LogP contribution in [0.4, 0.5) is 5.69 Å². The zero-order valence-electron chi connectivity index (χ0n) is 15.0. The molecule has 1 aliphatic rings. The van der Waals surface area contributed by atoms with E-state index < -0.39 is 0 Å². The maximum Gasteiger partial charge on any atom is 0.191 e. The van der Waals surface area contributed by atoms with Gasteiger partial charge in [-0.25, -0.2) is 4.98 Å². The van der Waals surface area contributed by atoms with Crippen molar-refractivity contribution in [2.75, 3.05) is 25.0 Å². The number of halogens is 1. The van der Waals surface area contributed by atoms with Crippen molar-refractivity contribution >= 4 is 47.0 Å². The molecule has 7 heteroatoms. The molecule has 136 valence electrons. The van der Waals surface area contributed by atoms with E-state index in [0.29, 0.717) is 6.04 Å². The number of aliphatic imine (C=N–C) groups is 1. The molecule has 0 saturated carbocycles. The molecule has 2 N–H and O–H groups in total. The summed E-state index contributed by atoms with van der Waals surface area (Å²) >= 11 is 1.72. The monoisotopic (exact) mass is 471 g/mol. The molecule has 0 spiro atoms. The summed E-state index contributed by atoms with van der Waals surface area (Å²) in [5.74, 6) is 0.858. The molecule has 1 aliphatic heterocycles. The van der Waals surface area contributed by atoms with E-state index in [1.54, 1.807) is 11.3 Å². The second kappa shape index (κ2) is 9.38. The van der Waals surface area contributed by atoms with Crippen LogP contribution >= 0.6 is 35.3 Å². The zero-order chi connectivity index (χ0) is 16.9. The zero-order valence-corrected chi connectivity index (χ0v) is 18.1. The predicted molar refractivity (Wildman–Crippen MR) is 117 cm³/mol. The van der Waals surface area contributed by atoms with Gasteiger partial charge >= 0.3 is 0 Å². The number of hydrogen-bond acceptors (Lipinski definition) is 4. The molecular formula is C18H26IN5S. The van der Waals surface area contributed by atoms with Crippen molar-refractivity contribution in [3.8, 4) is 0 Å². The van der Waals surface area contributed by atoms with E-state index >= 15 is 0 Å². The lowest BCUT2D eigenvalue weighted by molar-refractivity contribution is 0.649. The Morgan fingerprint density at radius 1 is 1.32 bits per heavy atom. The Kier molecular flexibility index (Phi) is 7.49. The molecule has 0 amide bonds. The summed E-state index contributed by atoms with van der Waals surface area (Å²) in [7, 11) is 1.82. The van der Waals surface area contributed by atoms with E-state index in [1.807, 2.05) is 20.2 Å². The maximum atomic E-state index is 4.34. The lowest BCUT2D eigenvalue weighted by Crippen LogP contribution is -2.44. The van der Waals surface area contributed by atoms with E-state index in [0.717, 1.165) is 37.0 Å². The van der Waals surface area contributed by atoms with E-state index in [1.165, 1.54) is 16.1 Å². The van der Waals surface area contributed by atoms with Crippen molar-refractivity contribution in [2.24, 2.45) is 4.99 Å². The third-order valence-corrected chi connectivity index (χ3v) is 5.16. The van der Waals surface area contributed by atoms with Gasteiger partial charge in [0.05, 0.1) is 11.6 Å². The third-order valence-electron chi connectivity index (χ3n) is 4.25. The van der Waals surface area contributed by atoms with Gasteiger partial charge in [-0.2, -0.15) is 0 Å². The summed E-state index contributed by atoms with van der Waals surface area (Å²) in [5, 5.41) is 8.01. The number of rotatable bonds is 4. The number of nitrogens with zero attached hydrogens (tertiary/aromatic N) is 3. The second-order valence-corrected chi connectivity index (χ2v) is 7.50. The first kappa shape index (κ1) is 20.0. The molecular weight excluding hydrogens is 445 g/mol. The fourth-order valence-corrected chi connectivity index (χ4v) is 3.65. The number of aromatic nitrogens is 1. The first-order valence-electron chi connectivity index (χ1n) is 8.34. The SMILES string of the molecule is CN=C(NCc1cnc(C)s1)NC1CCN(c2ccc(C)cc2)C1.I. The van der Waals surface area contributed by atoms with E-state index in [9.17, 15) is 0 Å². The highest BCUT2D eigenvalue weighted by Gasteiger charge is 2.23. The van der Waals surface area contributed by atoms with Crippen LogP contribution in [-0.2, 0) is 6.54 Å². The molecule has 1 aromatic carbocycles. The molecule has 1 fully saturated rings. The van der Waals surface area contributed by atoms with Crippen molar-refractivity contribution in [1.82, 2.24) is 15.6 Å². The minimum Gasteiger partial charge on any atom is -0.369 e. The van der Waals surface area contributed by atoms with Crippen LogP contribution in [0.15, 0.2) is 35.5 Å². The van der Waals surface area contributed by atoms with Gasteiger partial charge in [0, 0.05) is 42.9 Å². The largest absolute Gasteiger partial charge is 0.369 e. The molecule has 1 unspecified atom stereocenters. The number of nitrogens with one attached hydrogen (secondary N) is 2. The van der Waals surface area contributed by atoms with Gasteiger partial charge in [-0.05, 0) is 32.4 Å². The quantitative estimate of drug-likeness (QED) is 0.408. The second-order valence-electron chi connectivity index (χ2n) is 6.18. The molecule has 2 aromatic rings. The minimum absolute atomic E-state index is 0. The smallest absolute Gasteiger partial charge is 0.191 e. The van der Waals surface area contributed by atoms with Crippen molar-refractivity contribution < 1.29 is 0 Å². The highest BCUT2D eigenvalue weighted by Crippen LogP contribution is 2.20. The molecule has 5 nitrogen and oxygen atoms in total. The summed E-state index contributed by atoms with van der Waals surface area (Å²) in [6.07, 6.45) is 3.04. The van der Waals surface area contributed by atoms with Crippen LogP contribution in [0, 0.1) is 13.8 Å². The highest BCUT2D eigenvalue weighted by molar-refractivity contribution is 14.0. The van der Waals surface area contributed by atoms with Crippen LogP contribution in [0.2, 0.25) is 0 Å². The van der Waals surface area contributed by atoms with E-state index in [2.05, 4.69) is 56.7 Å². The highest BCUT2D eigenvalue weighted by atomic mass is 127. The van der Waals surface area contributed by atoms with E-state index in [-0.39, 0.29) is 24.0 Å². The van der Waals surface area contributed by atoms with Gasteiger partial charge in [0.2, 0.25) is 0 Å². The van der Waals surface area contributed by atoms with Crippen LogP contribution in [-0.4, -0.2) is 37.1 Å². The Morgan fingerprint density at radius 3 is 2.72 bits per heavy atom. The molecule has 0 aliphatic carbocycles. The topological polar surface area (TPSA) is 52.6 Å². The van der Waals surface area contributed by atoms with Crippen LogP contribution < -0.4 is 15.5 Å². The average Bonchev–Trinajstić information content (AvgIpc) is 3.21. The molecule has 3 rings (SSSR count). The van der Waals surface area contributed by atoms with Gasteiger partial charge in [-0.3, -0.25) is 4.99 Å². The fraction of sp³-hybridized carbons (Fsp3) is 0.444. The first-order chi connectivity index (χ1) is 11.6. The first-order valence-corrected chi connectivity index (χ1v) is 9.16. The minimum atomic E-state index is 0. The predicted octanol–water partition coefficient (Wildman–Crippen LogP) is 3.32. The standard InChI is InChI=1S/C18H25N5S.HI/c1-13-4-6-16(7-5-13)23-9-8-15(12-23)22-18(19-3)21-11-17-10-20-14(2)24-17;/h4-7,10,15H,8-9,11-12H2,1-3H3,(H2,19,21,22);1H. The summed E-state index contributed by atoms with van der Waals surface area (Å²) in [4.78, 5) is 12.3. The Hall–Kier alpha value is -1.35. The van der Waals surface area contributed by atoms with E-state index in [4.69, 9.17) is 0 Å². The van der Waals surface area contributed by atoms with Crippen LogP contribution in [0.5, 0.6) is 0 Å². The third kappa shape index (κ3) is 5.57. The number of aryl methyl sites for hydroxylation is 2. The number of guanidine groups is 1. The summed E-state index contributed by atoms with van der Waals surface area (Å²) in [6.45, 7) is 6.99. The Labute approximate surface area is 171 Å². The van der Waals surface area contributed by atoms with Gasteiger partial charge in [-0.1, -0.05) is 17.7 Å². The summed E-state index contributed by atoms with van der Waals surface area (Å²) in [5.41, 5.74) is 2.60. The average molecular weight is 471 g/mol. The Bertz CT molecular complexity index is 698.